The third-order valence-corrected chi connectivity index (χ3v) is 3.92. The smallest absolute Gasteiger partial charge is 0.344 e. The first-order chi connectivity index (χ1) is 12.6. The van der Waals surface area contributed by atoms with Gasteiger partial charge in [-0.3, -0.25) is 14.8 Å². The van der Waals surface area contributed by atoms with Gasteiger partial charge in [0.15, 0.2) is 0 Å². The molecule has 0 atom stereocenters. The quantitative estimate of drug-likeness (QED) is 0.280. The van der Waals surface area contributed by atoms with E-state index in [1.807, 2.05) is 30.3 Å². The maximum atomic E-state index is 11.9. The number of carbonyl (C=O) groups excluding carboxylic acids is 1. The zero-order chi connectivity index (χ0) is 18.5. The molecule has 0 saturated carbocycles. The Labute approximate surface area is 149 Å². The van der Waals surface area contributed by atoms with Gasteiger partial charge >= 0.3 is 5.97 Å². The van der Waals surface area contributed by atoms with Crippen molar-refractivity contribution in [2.45, 2.75) is 13.2 Å². The van der Waals surface area contributed by atoms with E-state index < -0.39 is 10.9 Å². The number of nitrogens with zero attached hydrogens (tertiary/aromatic N) is 3. The Balaban J connectivity index is 1.77. The van der Waals surface area contributed by atoms with Crippen molar-refractivity contribution in [2.75, 3.05) is 13.7 Å². The molecule has 26 heavy (non-hydrogen) atoms. The van der Waals surface area contributed by atoms with Gasteiger partial charge in [-0.15, -0.1) is 0 Å². The fourth-order valence-electron chi connectivity index (χ4n) is 2.63. The number of esters is 1. The topological polar surface area (TPSA) is 96.5 Å². The van der Waals surface area contributed by atoms with Crippen LogP contribution in [0.5, 0.6) is 0 Å². The average molecular weight is 355 g/mol. The van der Waals surface area contributed by atoms with Crippen molar-refractivity contribution >= 4 is 22.6 Å². The van der Waals surface area contributed by atoms with Gasteiger partial charge in [-0.1, -0.05) is 30.3 Å². The lowest BCUT2D eigenvalue weighted by molar-refractivity contribution is -0.385. The Kier molecular flexibility index (Phi) is 5.23. The minimum absolute atomic E-state index is 0.100. The molecule has 0 unspecified atom stereocenters. The van der Waals surface area contributed by atoms with Crippen molar-refractivity contribution in [3.05, 3.63) is 69.9 Å². The van der Waals surface area contributed by atoms with E-state index in [1.54, 1.807) is 4.68 Å². The first-order valence-electron chi connectivity index (χ1n) is 7.94. The van der Waals surface area contributed by atoms with E-state index in [2.05, 4.69) is 9.84 Å². The number of nitro benzene ring substituents is 1. The molecule has 0 fully saturated rings. The second-order valence-electron chi connectivity index (χ2n) is 5.58. The molecule has 0 radical (unpaired) electrons. The van der Waals surface area contributed by atoms with Crippen molar-refractivity contribution < 1.29 is 19.2 Å². The van der Waals surface area contributed by atoms with Crippen molar-refractivity contribution in [3.63, 3.8) is 0 Å². The highest BCUT2D eigenvalue weighted by Crippen LogP contribution is 2.26. The molecule has 2 aromatic carbocycles. The van der Waals surface area contributed by atoms with Crippen molar-refractivity contribution in [1.29, 1.82) is 0 Å². The molecular formula is C18H17N3O5. The van der Waals surface area contributed by atoms with Crippen LogP contribution in [0.25, 0.3) is 10.9 Å². The lowest BCUT2D eigenvalue weighted by Crippen LogP contribution is -2.09. The predicted molar refractivity (Wildman–Crippen MR) is 93.8 cm³/mol. The summed E-state index contributed by atoms with van der Waals surface area (Å²) in [6, 6.07) is 12.6. The molecule has 0 amide bonds. The van der Waals surface area contributed by atoms with E-state index in [4.69, 9.17) is 4.74 Å². The van der Waals surface area contributed by atoms with Gasteiger partial charge in [0.1, 0.15) is 5.56 Å². The van der Waals surface area contributed by atoms with Gasteiger partial charge < -0.3 is 9.47 Å². The number of benzene rings is 2. The number of aromatic nitrogens is 2. The summed E-state index contributed by atoms with van der Waals surface area (Å²) in [7, 11) is 1.19. The Morgan fingerprint density at radius 1 is 1.27 bits per heavy atom. The standard InChI is InChI=1S/C18H17N3O5/c1-25-18(22)15-10-16-14(9-17(15)21(23)24)11-19-20(16)7-8-26-12-13-5-3-2-4-6-13/h2-6,9-11H,7-8,12H2,1H3. The van der Waals surface area contributed by atoms with Crippen LogP contribution >= 0.6 is 0 Å². The normalized spacial score (nSPS) is 10.8. The fourth-order valence-corrected chi connectivity index (χ4v) is 2.63. The number of fused-ring (bicyclic) bond motifs is 1. The number of hydrogen-bond acceptors (Lipinski definition) is 6. The summed E-state index contributed by atoms with van der Waals surface area (Å²) in [6.45, 7) is 1.35. The molecule has 0 aliphatic carbocycles. The maximum absolute atomic E-state index is 11.9. The number of rotatable bonds is 7. The van der Waals surface area contributed by atoms with Gasteiger partial charge in [0, 0.05) is 11.5 Å². The lowest BCUT2D eigenvalue weighted by atomic mass is 10.1. The van der Waals surface area contributed by atoms with Crippen molar-refractivity contribution in [3.8, 4) is 0 Å². The van der Waals surface area contributed by atoms with Crippen LogP contribution in [0.3, 0.4) is 0 Å². The number of hydrogen-bond donors (Lipinski definition) is 0. The largest absolute Gasteiger partial charge is 0.465 e. The molecule has 134 valence electrons. The van der Waals surface area contributed by atoms with Gasteiger partial charge in [-0.2, -0.15) is 5.10 Å². The monoisotopic (exact) mass is 355 g/mol. The number of nitro groups is 1. The zero-order valence-electron chi connectivity index (χ0n) is 14.1. The molecule has 0 saturated heterocycles. The van der Waals surface area contributed by atoms with Gasteiger partial charge in [0.05, 0.1) is 43.5 Å². The molecule has 0 spiro atoms. The SMILES string of the molecule is COC(=O)c1cc2c(cnn2CCOCc2ccccc2)cc1[N+](=O)[O-]. The van der Waals surface area contributed by atoms with Crippen LogP contribution in [0, 0.1) is 10.1 Å². The molecule has 0 N–H and O–H groups in total. The van der Waals surface area contributed by atoms with Crippen molar-refractivity contribution in [2.24, 2.45) is 0 Å². The molecule has 1 aromatic heterocycles. The minimum atomic E-state index is -0.758. The highest BCUT2D eigenvalue weighted by molar-refractivity contribution is 5.99. The second-order valence-corrected chi connectivity index (χ2v) is 5.58. The van der Waals surface area contributed by atoms with E-state index in [1.165, 1.54) is 25.4 Å². The maximum Gasteiger partial charge on any atom is 0.344 e. The molecule has 3 aromatic rings. The summed E-state index contributed by atoms with van der Waals surface area (Å²) in [5.41, 5.74) is 1.28. The Bertz CT molecular complexity index is 937. The van der Waals surface area contributed by atoms with E-state index >= 15 is 0 Å². The van der Waals surface area contributed by atoms with Gasteiger partial charge in [0.25, 0.3) is 5.69 Å². The highest BCUT2D eigenvalue weighted by Gasteiger charge is 2.23. The fraction of sp³-hybridized carbons (Fsp3) is 0.222. The molecule has 0 aliphatic rings. The van der Waals surface area contributed by atoms with E-state index in [0.717, 1.165) is 5.56 Å². The Hall–Kier alpha value is -3.26. The van der Waals surface area contributed by atoms with Crippen LogP contribution in [-0.4, -0.2) is 34.4 Å². The van der Waals surface area contributed by atoms with Crippen LogP contribution in [0.1, 0.15) is 15.9 Å². The van der Waals surface area contributed by atoms with Crippen molar-refractivity contribution in [1.82, 2.24) is 9.78 Å². The third kappa shape index (κ3) is 3.70. The van der Waals surface area contributed by atoms with Gasteiger partial charge in [-0.05, 0) is 11.6 Å². The summed E-state index contributed by atoms with van der Waals surface area (Å²) >= 11 is 0. The molecule has 0 bridgehead atoms. The molecule has 1 heterocycles. The second kappa shape index (κ2) is 7.75. The Morgan fingerprint density at radius 2 is 2.04 bits per heavy atom. The van der Waals surface area contributed by atoms with Crippen LogP contribution in [-0.2, 0) is 22.6 Å². The highest BCUT2D eigenvalue weighted by atomic mass is 16.6. The zero-order valence-corrected chi connectivity index (χ0v) is 14.1. The van der Waals surface area contributed by atoms with Gasteiger partial charge in [0.2, 0.25) is 0 Å². The summed E-state index contributed by atoms with van der Waals surface area (Å²) in [5.74, 6) is -0.758. The number of carbonyl (C=O) groups is 1. The number of ether oxygens (including phenoxy) is 2. The summed E-state index contributed by atoms with van der Waals surface area (Å²) in [5, 5.41) is 16.0. The average Bonchev–Trinajstić information content (AvgIpc) is 3.06. The molecule has 8 nitrogen and oxygen atoms in total. The molecule has 3 rings (SSSR count). The minimum Gasteiger partial charge on any atom is -0.465 e. The number of methoxy groups -OCH3 is 1. The summed E-state index contributed by atoms with van der Waals surface area (Å²) < 4.78 is 11.9. The van der Waals surface area contributed by atoms with Crippen LogP contribution < -0.4 is 0 Å². The van der Waals surface area contributed by atoms with Crippen LogP contribution in [0.2, 0.25) is 0 Å². The van der Waals surface area contributed by atoms with Crippen LogP contribution in [0.4, 0.5) is 5.69 Å². The van der Waals surface area contributed by atoms with E-state index in [9.17, 15) is 14.9 Å². The third-order valence-electron chi connectivity index (χ3n) is 3.92. The van der Waals surface area contributed by atoms with E-state index in [-0.39, 0.29) is 11.3 Å². The Morgan fingerprint density at radius 3 is 2.73 bits per heavy atom. The van der Waals surface area contributed by atoms with Crippen LogP contribution in [0.15, 0.2) is 48.7 Å². The predicted octanol–water partition coefficient (Wildman–Crippen LogP) is 2.95. The molecule has 0 aliphatic heterocycles. The van der Waals surface area contributed by atoms with Gasteiger partial charge in [-0.25, -0.2) is 4.79 Å². The first kappa shape index (κ1) is 17.6. The molecular weight excluding hydrogens is 338 g/mol. The summed E-state index contributed by atoms with van der Waals surface area (Å²) in [6.07, 6.45) is 1.53. The summed E-state index contributed by atoms with van der Waals surface area (Å²) in [4.78, 5) is 22.4. The molecule has 8 heteroatoms. The first-order valence-corrected chi connectivity index (χ1v) is 7.94. The lowest BCUT2D eigenvalue weighted by Gasteiger charge is -2.07. The van der Waals surface area contributed by atoms with E-state index in [0.29, 0.717) is 30.7 Å².